The van der Waals surface area contributed by atoms with Crippen molar-refractivity contribution in [2.75, 3.05) is 50.7 Å². The number of carbonyl (C=O) groups is 1. The topological polar surface area (TPSA) is 98.6 Å². The highest BCUT2D eigenvalue weighted by molar-refractivity contribution is 7.11. The molecule has 0 unspecified atom stereocenters. The van der Waals surface area contributed by atoms with Crippen molar-refractivity contribution in [2.45, 2.75) is 33.1 Å². The summed E-state index contributed by atoms with van der Waals surface area (Å²) < 4.78 is 0. The minimum Gasteiger partial charge on any atom is -0.357 e. The molecular weight excluding hydrogens is 412 g/mol. The Morgan fingerprint density at radius 1 is 1.13 bits per heavy atom. The normalized spacial score (nSPS) is 14.6. The Hall–Kier alpha value is -2.75. The summed E-state index contributed by atoms with van der Waals surface area (Å²) >= 11 is 1.75. The highest BCUT2D eigenvalue weighted by Crippen LogP contribution is 2.13. The van der Waals surface area contributed by atoms with Crippen molar-refractivity contribution in [3.63, 3.8) is 0 Å². The summed E-state index contributed by atoms with van der Waals surface area (Å²) in [7, 11) is 0. The maximum Gasteiger partial charge on any atom is 0.225 e. The Balaban J connectivity index is 1.38. The van der Waals surface area contributed by atoms with E-state index in [0.717, 1.165) is 49.4 Å². The van der Waals surface area contributed by atoms with Gasteiger partial charge in [0, 0.05) is 82.1 Å². The Bertz CT molecular complexity index is 833. The molecule has 1 aliphatic heterocycles. The molecule has 0 aliphatic carbocycles. The molecule has 1 saturated heterocycles. The summed E-state index contributed by atoms with van der Waals surface area (Å²) in [5.74, 6) is 1.63. The fraction of sp³-hybridized carbons (Fsp3) is 0.571. The summed E-state index contributed by atoms with van der Waals surface area (Å²) in [6.07, 6.45) is 7.73. The molecule has 2 N–H and O–H groups in total. The van der Waals surface area contributed by atoms with Gasteiger partial charge in [-0.3, -0.25) is 9.79 Å². The molecule has 10 heteroatoms. The largest absolute Gasteiger partial charge is 0.357 e. The van der Waals surface area contributed by atoms with E-state index in [1.165, 1.54) is 4.88 Å². The predicted octanol–water partition coefficient (Wildman–Crippen LogP) is 1.33. The van der Waals surface area contributed by atoms with Gasteiger partial charge in [-0.15, -0.1) is 11.3 Å². The van der Waals surface area contributed by atoms with E-state index in [4.69, 9.17) is 0 Å². The van der Waals surface area contributed by atoms with Gasteiger partial charge in [0.1, 0.15) is 0 Å². The number of aliphatic imine (C=N–C) groups is 1. The third-order valence-electron chi connectivity index (χ3n) is 4.99. The maximum atomic E-state index is 12.6. The molecular formula is C21H32N8OS. The van der Waals surface area contributed by atoms with Gasteiger partial charge in [0.2, 0.25) is 11.9 Å². The average molecular weight is 445 g/mol. The van der Waals surface area contributed by atoms with Gasteiger partial charge >= 0.3 is 0 Å². The highest BCUT2D eigenvalue weighted by atomic mass is 32.1. The fourth-order valence-electron chi connectivity index (χ4n) is 3.29. The minimum atomic E-state index is 0.159. The first-order chi connectivity index (χ1) is 15.2. The maximum absolute atomic E-state index is 12.6. The second-order valence-electron chi connectivity index (χ2n) is 7.18. The number of hydrogen-bond acceptors (Lipinski definition) is 7. The van der Waals surface area contributed by atoms with Crippen LogP contribution >= 0.6 is 11.3 Å². The molecule has 0 saturated carbocycles. The fourth-order valence-corrected chi connectivity index (χ4v) is 4.14. The second kappa shape index (κ2) is 12.2. The molecule has 0 radical (unpaired) electrons. The first-order valence-corrected chi connectivity index (χ1v) is 11.8. The molecule has 1 amide bonds. The number of aryl methyl sites for hydroxylation is 1. The zero-order chi connectivity index (χ0) is 21.9. The van der Waals surface area contributed by atoms with Crippen molar-refractivity contribution in [2.24, 2.45) is 4.99 Å². The number of guanidine groups is 1. The van der Waals surface area contributed by atoms with Crippen LogP contribution in [0, 0.1) is 0 Å². The molecule has 1 fully saturated rings. The van der Waals surface area contributed by atoms with E-state index in [-0.39, 0.29) is 5.91 Å². The molecule has 0 aromatic carbocycles. The van der Waals surface area contributed by atoms with Crippen LogP contribution in [-0.4, -0.2) is 77.5 Å². The third kappa shape index (κ3) is 7.16. The molecule has 0 bridgehead atoms. The van der Waals surface area contributed by atoms with Crippen molar-refractivity contribution in [3.05, 3.63) is 34.5 Å². The molecule has 9 nitrogen and oxygen atoms in total. The molecule has 3 rings (SSSR count). The van der Waals surface area contributed by atoms with Crippen LogP contribution in [0.3, 0.4) is 0 Å². The Labute approximate surface area is 188 Å². The summed E-state index contributed by atoms with van der Waals surface area (Å²) in [6.45, 7) is 9.08. The Kier molecular flexibility index (Phi) is 9.01. The predicted molar refractivity (Wildman–Crippen MR) is 125 cm³/mol. The van der Waals surface area contributed by atoms with E-state index in [1.807, 2.05) is 24.1 Å². The standard InChI is InChI=1S/C21H32N8OS/c1-3-17-16-27-18(31-17)6-10-23-20(22-4-2)24-11-7-19(30)28-12-14-29(15-13-28)21-25-8-5-9-26-21/h5,8-9,16H,3-4,6-7,10-15H2,1-2H3,(H2,22,23,24). The van der Waals surface area contributed by atoms with Crippen LogP contribution in [0.15, 0.2) is 29.6 Å². The number of piperazine rings is 1. The van der Waals surface area contributed by atoms with Crippen LogP contribution in [0.1, 0.15) is 30.2 Å². The summed E-state index contributed by atoms with van der Waals surface area (Å²) in [5.41, 5.74) is 0. The van der Waals surface area contributed by atoms with E-state index in [9.17, 15) is 4.79 Å². The van der Waals surface area contributed by atoms with Crippen LogP contribution in [-0.2, 0) is 17.6 Å². The average Bonchev–Trinajstić information content (AvgIpc) is 3.28. The van der Waals surface area contributed by atoms with Crippen LogP contribution in [0.5, 0.6) is 0 Å². The lowest BCUT2D eigenvalue weighted by molar-refractivity contribution is -0.131. The lowest BCUT2D eigenvalue weighted by atomic mass is 10.3. The second-order valence-corrected chi connectivity index (χ2v) is 8.38. The number of nitrogens with zero attached hydrogens (tertiary/aromatic N) is 6. The third-order valence-corrected chi connectivity index (χ3v) is 6.19. The smallest absolute Gasteiger partial charge is 0.225 e. The number of hydrogen-bond donors (Lipinski definition) is 2. The molecule has 1 aliphatic rings. The van der Waals surface area contributed by atoms with E-state index < -0.39 is 0 Å². The van der Waals surface area contributed by atoms with Gasteiger partial charge in [-0.05, 0) is 19.4 Å². The van der Waals surface area contributed by atoms with Crippen molar-refractivity contribution >= 4 is 29.2 Å². The molecule has 2 aromatic heterocycles. The van der Waals surface area contributed by atoms with Gasteiger partial charge < -0.3 is 20.4 Å². The molecule has 0 spiro atoms. The number of rotatable bonds is 9. The van der Waals surface area contributed by atoms with Gasteiger partial charge in [-0.2, -0.15) is 0 Å². The minimum absolute atomic E-state index is 0.159. The highest BCUT2D eigenvalue weighted by Gasteiger charge is 2.22. The van der Waals surface area contributed by atoms with Gasteiger partial charge in [0.05, 0.1) is 5.01 Å². The summed E-state index contributed by atoms with van der Waals surface area (Å²) in [5, 5.41) is 7.63. The van der Waals surface area contributed by atoms with Crippen molar-refractivity contribution in [1.82, 2.24) is 30.5 Å². The van der Waals surface area contributed by atoms with Crippen molar-refractivity contribution < 1.29 is 4.79 Å². The molecule has 3 heterocycles. The Morgan fingerprint density at radius 3 is 2.58 bits per heavy atom. The summed E-state index contributed by atoms with van der Waals surface area (Å²) in [4.78, 5) is 35.5. The number of thiazole rings is 1. The number of anilines is 1. The van der Waals surface area contributed by atoms with Gasteiger partial charge in [0.15, 0.2) is 5.96 Å². The van der Waals surface area contributed by atoms with E-state index in [0.29, 0.717) is 32.6 Å². The quantitative estimate of drug-likeness (QED) is 0.445. The van der Waals surface area contributed by atoms with E-state index in [1.54, 1.807) is 23.7 Å². The first-order valence-electron chi connectivity index (χ1n) is 10.9. The summed E-state index contributed by atoms with van der Waals surface area (Å²) in [6, 6.07) is 1.81. The first kappa shape index (κ1) is 22.9. The zero-order valence-electron chi connectivity index (χ0n) is 18.4. The lowest BCUT2D eigenvalue weighted by Crippen LogP contribution is -2.50. The van der Waals surface area contributed by atoms with Crippen LogP contribution in [0.2, 0.25) is 0 Å². The molecule has 2 aromatic rings. The van der Waals surface area contributed by atoms with Gasteiger partial charge in [-0.25, -0.2) is 15.0 Å². The zero-order valence-corrected chi connectivity index (χ0v) is 19.2. The van der Waals surface area contributed by atoms with Crippen LogP contribution < -0.4 is 15.5 Å². The number of amides is 1. The molecule has 31 heavy (non-hydrogen) atoms. The molecule has 0 atom stereocenters. The van der Waals surface area contributed by atoms with Crippen LogP contribution in [0.4, 0.5) is 5.95 Å². The van der Waals surface area contributed by atoms with E-state index >= 15 is 0 Å². The van der Waals surface area contributed by atoms with Crippen molar-refractivity contribution in [3.8, 4) is 0 Å². The number of aromatic nitrogens is 3. The van der Waals surface area contributed by atoms with Gasteiger partial charge in [0.25, 0.3) is 0 Å². The van der Waals surface area contributed by atoms with Gasteiger partial charge in [-0.1, -0.05) is 6.92 Å². The van der Waals surface area contributed by atoms with Crippen LogP contribution in [0.25, 0.3) is 0 Å². The molecule has 168 valence electrons. The number of carbonyl (C=O) groups excluding carboxylic acids is 1. The van der Waals surface area contributed by atoms with Crippen molar-refractivity contribution in [1.29, 1.82) is 0 Å². The SMILES string of the molecule is CCNC(=NCCc1ncc(CC)s1)NCCC(=O)N1CCN(c2ncccn2)CC1. The van der Waals surface area contributed by atoms with E-state index in [2.05, 4.69) is 42.4 Å². The Morgan fingerprint density at radius 2 is 1.90 bits per heavy atom. The lowest BCUT2D eigenvalue weighted by Gasteiger charge is -2.34. The monoisotopic (exact) mass is 444 g/mol. The number of nitrogens with one attached hydrogen (secondary N) is 2.